The van der Waals surface area contributed by atoms with E-state index in [4.69, 9.17) is 16.2 Å². The number of carbonyl (C=O) groups is 7. The standard InChI is InChI=1S/C46H54N10O12/c47-13-5-9-26-23-11-12-27-28(18-49-30(27)16-23)39-38(56-43(63)33(20-58)52-40(60)29(48)17-25-15-24-8-4-10-35(68-39)36(24)50-25)45(65)54-34(21-59)42(62)55-37(26)44(64)53-32(19-57)41(61)51-31(46(66)67)14-22-6-2-1-3-7-22/h1-4,6-8,10-12,15-16,18,26,29,31-34,37-39,49-50,57-59H,5,9,13-14,17,19-21,47-48H2,(H,51,61)(H,52,60)(H,53,64)(H,54,65)(H,55,62)(H,56,63)(H,66,67)/t26-,29-,31-,32-,33-,34-,37-,38-,39+/m0/s1. The number of ether oxygens (including phenoxy) is 1. The number of aliphatic hydroxyl groups is 3. The summed E-state index contributed by atoms with van der Waals surface area (Å²) in [6.07, 6.45) is 0.554. The van der Waals surface area contributed by atoms with Gasteiger partial charge in [-0.3, -0.25) is 28.8 Å². The maximum atomic E-state index is 14.7. The Morgan fingerprint density at radius 2 is 1.53 bits per heavy atom. The largest absolute Gasteiger partial charge is 0.481 e. The van der Waals surface area contributed by atoms with Crippen LogP contribution in [-0.2, 0) is 46.4 Å². The van der Waals surface area contributed by atoms with Crippen LogP contribution in [0.2, 0.25) is 0 Å². The van der Waals surface area contributed by atoms with Crippen LogP contribution in [0.15, 0.2) is 79.0 Å². The van der Waals surface area contributed by atoms with Gasteiger partial charge in [0.15, 0.2) is 6.10 Å². The highest BCUT2D eigenvalue weighted by atomic mass is 16.5. The van der Waals surface area contributed by atoms with Gasteiger partial charge in [0, 0.05) is 52.5 Å². The number of nitrogens with one attached hydrogen (secondary N) is 8. The van der Waals surface area contributed by atoms with E-state index in [0.717, 1.165) is 0 Å². The van der Waals surface area contributed by atoms with E-state index in [-0.39, 0.29) is 31.6 Å². The first-order chi connectivity index (χ1) is 32.7. The Hall–Kier alpha value is -7.37. The summed E-state index contributed by atoms with van der Waals surface area (Å²) in [7, 11) is 0. The summed E-state index contributed by atoms with van der Waals surface area (Å²) in [6.45, 7) is -2.75. The highest BCUT2D eigenvalue weighted by molar-refractivity contribution is 5.99. The number of aromatic amines is 2. The first-order valence-corrected chi connectivity index (χ1v) is 22.0. The summed E-state index contributed by atoms with van der Waals surface area (Å²) >= 11 is 0. The molecule has 16 N–H and O–H groups in total. The molecule has 0 radical (unpaired) electrons. The number of hydrogen-bond donors (Lipinski definition) is 14. The van der Waals surface area contributed by atoms with Crippen molar-refractivity contribution in [1.82, 2.24) is 41.9 Å². The van der Waals surface area contributed by atoms with Crippen molar-refractivity contribution in [3.63, 3.8) is 0 Å². The molecule has 8 rings (SSSR count). The molecule has 22 heteroatoms. The smallest absolute Gasteiger partial charge is 0.326 e. The van der Waals surface area contributed by atoms with Crippen LogP contribution in [-0.4, -0.2) is 140 Å². The highest BCUT2D eigenvalue weighted by Crippen LogP contribution is 2.37. The molecule has 360 valence electrons. The van der Waals surface area contributed by atoms with Crippen LogP contribution >= 0.6 is 0 Å². The Kier molecular flexibility index (Phi) is 15.4. The van der Waals surface area contributed by atoms with Crippen LogP contribution < -0.4 is 48.1 Å². The van der Waals surface area contributed by atoms with Gasteiger partial charge in [-0.15, -0.1) is 0 Å². The van der Waals surface area contributed by atoms with Gasteiger partial charge in [-0.1, -0.05) is 54.6 Å². The van der Waals surface area contributed by atoms with Crippen LogP contribution in [0.4, 0.5) is 0 Å². The Morgan fingerprint density at radius 1 is 0.809 bits per heavy atom. The molecule has 3 aromatic carbocycles. The fourth-order valence-corrected chi connectivity index (χ4v) is 8.51. The number of benzene rings is 3. The minimum absolute atomic E-state index is 0.0259. The number of nitrogens with two attached hydrogens (primary N) is 2. The molecule has 3 aliphatic rings. The number of fused-ring (bicyclic) bond motifs is 8. The number of para-hydroxylation sites is 1. The number of aromatic nitrogens is 2. The molecular formula is C46H54N10O12. The fourth-order valence-electron chi connectivity index (χ4n) is 8.51. The van der Waals surface area contributed by atoms with Crippen molar-refractivity contribution in [3.8, 4) is 5.75 Å². The molecule has 0 saturated carbocycles. The number of carbonyl (C=O) groups excluding carboxylic acids is 6. The molecule has 9 atom stereocenters. The average molecular weight is 939 g/mol. The second-order valence-corrected chi connectivity index (χ2v) is 16.7. The average Bonchev–Trinajstić information content (AvgIpc) is 3.95. The number of aliphatic hydroxyl groups excluding tert-OH is 3. The first kappa shape index (κ1) is 48.6. The predicted molar refractivity (Wildman–Crippen MR) is 243 cm³/mol. The molecule has 0 unspecified atom stereocenters. The van der Waals surface area contributed by atoms with Crippen LogP contribution in [0.3, 0.4) is 0 Å². The van der Waals surface area contributed by atoms with Crippen molar-refractivity contribution in [2.45, 2.75) is 80.0 Å². The second kappa shape index (κ2) is 21.5. The molecule has 6 amide bonds. The predicted octanol–water partition coefficient (Wildman–Crippen LogP) is -2.30. The van der Waals surface area contributed by atoms with Gasteiger partial charge < -0.3 is 78.5 Å². The summed E-state index contributed by atoms with van der Waals surface area (Å²) in [5, 5.41) is 57.3. The lowest BCUT2D eigenvalue weighted by atomic mass is 9.85. The van der Waals surface area contributed by atoms with Crippen molar-refractivity contribution in [2.24, 2.45) is 11.5 Å². The van der Waals surface area contributed by atoms with E-state index in [9.17, 15) is 54.0 Å². The van der Waals surface area contributed by atoms with Gasteiger partial charge in [-0.05, 0) is 48.7 Å². The second-order valence-electron chi connectivity index (χ2n) is 16.7. The Labute approximate surface area is 387 Å². The number of carboxylic acid groups (broad SMARTS) is 1. The third-order valence-electron chi connectivity index (χ3n) is 12.1. The third-order valence-corrected chi connectivity index (χ3v) is 12.1. The number of aliphatic carboxylic acids is 1. The van der Waals surface area contributed by atoms with Crippen LogP contribution in [0.1, 0.15) is 47.2 Å². The summed E-state index contributed by atoms with van der Waals surface area (Å²) in [6, 6.07) is 9.36. The molecule has 22 nitrogen and oxygen atoms in total. The van der Waals surface area contributed by atoms with Crippen LogP contribution in [0, 0.1) is 0 Å². The Balaban J connectivity index is 1.30. The Morgan fingerprint density at radius 3 is 2.22 bits per heavy atom. The summed E-state index contributed by atoms with van der Waals surface area (Å²) in [5.41, 5.74) is 15.1. The molecule has 3 aliphatic heterocycles. The van der Waals surface area contributed by atoms with Gasteiger partial charge >= 0.3 is 5.97 Å². The number of amides is 6. The molecule has 0 aliphatic carbocycles. The topological polar surface area (TPSA) is 365 Å². The lowest BCUT2D eigenvalue weighted by Crippen LogP contribution is -2.62. The van der Waals surface area contributed by atoms with E-state index in [2.05, 4.69) is 41.9 Å². The zero-order chi connectivity index (χ0) is 48.6. The molecule has 5 heterocycles. The number of H-pyrrole nitrogens is 2. The van der Waals surface area contributed by atoms with E-state index in [0.29, 0.717) is 50.6 Å². The van der Waals surface area contributed by atoms with E-state index < -0.39 is 116 Å². The SMILES string of the molecule is NCCC[C@H]1c2ccc3c(c[nH]c3c2)[C@H]2Oc3cccc4cc([nH]c34)C[C@H](N)C(=O)N[C@@H](CO)C(=O)N[C@@H]2C(=O)N[C@@H](CO)C(=O)N[C@@H]1C(=O)N[C@@H](CO)C(=O)N[C@@H](Cc1ccccc1)C(=O)O. The fraction of sp³-hybridized carbons (Fsp3) is 0.370. The summed E-state index contributed by atoms with van der Waals surface area (Å²) in [4.78, 5) is 103. The number of rotatable bonds is 13. The van der Waals surface area contributed by atoms with Crippen molar-refractivity contribution >= 4 is 63.2 Å². The van der Waals surface area contributed by atoms with E-state index in [1.807, 2.05) is 0 Å². The number of carboxylic acids is 1. The number of hydrogen-bond acceptors (Lipinski definition) is 13. The van der Waals surface area contributed by atoms with E-state index in [1.165, 1.54) is 0 Å². The molecular weight excluding hydrogens is 885 g/mol. The van der Waals surface area contributed by atoms with Crippen molar-refractivity contribution in [2.75, 3.05) is 26.4 Å². The van der Waals surface area contributed by atoms with E-state index in [1.54, 1.807) is 79.0 Å². The van der Waals surface area contributed by atoms with Crippen LogP contribution in [0.25, 0.3) is 21.8 Å². The van der Waals surface area contributed by atoms with Crippen molar-refractivity contribution in [1.29, 1.82) is 0 Å². The minimum atomic E-state index is -1.80. The first-order valence-electron chi connectivity index (χ1n) is 22.0. The quantitative estimate of drug-likeness (QED) is 0.0591. The van der Waals surface area contributed by atoms with Gasteiger partial charge in [0.2, 0.25) is 35.4 Å². The van der Waals surface area contributed by atoms with Crippen molar-refractivity contribution in [3.05, 3.63) is 101 Å². The zero-order valence-corrected chi connectivity index (χ0v) is 36.6. The summed E-state index contributed by atoms with van der Waals surface area (Å²) < 4.78 is 6.71. The van der Waals surface area contributed by atoms with Gasteiger partial charge in [0.1, 0.15) is 42.0 Å². The molecule has 5 aromatic rings. The third kappa shape index (κ3) is 10.7. The molecule has 0 fully saturated rings. The lowest BCUT2D eigenvalue weighted by molar-refractivity contribution is -0.142. The van der Waals surface area contributed by atoms with Gasteiger partial charge in [-0.2, -0.15) is 0 Å². The molecule has 0 saturated heterocycles. The zero-order valence-electron chi connectivity index (χ0n) is 36.6. The van der Waals surface area contributed by atoms with Crippen LogP contribution in [0.5, 0.6) is 5.75 Å². The maximum Gasteiger partial charge on any atom is 0.326 e. The highest BCUT2D eigenvalue weighted by Gasteiger charge is 2.41. The normalized spacial score (nSPS) is 23.2. The van der Waals surface area contributed by atoms with Gasteiger partial charge in [0.25, 0.3) is 0 Å². The molecule has 2 aromatic heterocycles. The molecule has 68 heavy (non-hydrogen) atoms. The lowest BCUT2D eigenvalue weighted by Gasteiger charge is -2.33. The molecule has 0 spiro atoms. The van der Waals surface area contributed by atoms with Gasteiger partial charge in [-0.25, -0.2) is 4.79 Å². The maximum absolute atomic E-state index is 14.7. The molecule has 6 bridgehead atoms. The monoisotopic (exact) mass is 938 g/mol. The Bertz CT molecular complexity index is 2670. The minimum Gasteiger partial charge on any atom is -0.481 e. The van der Waals surface area contributed by atoms with Crippen molar-refractivity contribution < 1.29 is 58.7 Å². The van der Waals surface area contributed by atoms with E-state index >= 15 is 0 Å². The van der Waals surface area contributed by atoms with Gasteiger partial charge in [0.05, 0.1) is 31.4 Å². The summed E-state index contributed by atoms with van der Waals surface area (Å²) in [5.74, 6) is -8.03.